The Kier molecular flexibility index (Phi) is 3.29. The van der Waals surface area contributed by atoms with Crippen LogP contribution in [0.5, 0.6) is 0 Å². The topological polar surface area (TPSA) is 15.3 Å². The van der Waals surface area contributed by atoms with Crippen LogP contribution in [-0.2, 0) is 6.54 Å². The average molecular weight is 225 g/mol. The van der Waals surface area contributed by atoms with Crippen molar-refractivity contribution in [2.24, 2.45) is 0 Å². The number of rotatable bonds is 3. The van der Waals surface area contributed by atoms with Gasteiger partial charge < -0.3 is 10.2 Å². The lowest BCUT2D eigenvalue weighted by molar-refractivity contribution is 0.161. The molecule has 1 aromatic carbocycles. The number of nitrogens with one attached hydrogen (secondary N) is 1. The Morgan fingerprint density at radius 2 is 2.20 bits per heavy atom. The van der Waals surface area contributed by atoms with E-state index in [-0.39, 0.29) is 0 Å². The van der Waals surface area contributed by atoms with Crippen molar-refractivity contribution in [2.75, 3.05) is 20.1 Å². The molecule has 0 aliphatic carbocycles. The van der Waals surface area contributed by atoms with Crippen molar-refractivity contribution in [3.05, 3.63) is 34.3 Å². The number of likely N-dealkylation sites (tertiary alicyclic amines) is 1. The number of hydrogen-bond acceptors (Lipinski definition) is 2. The minimum absolute atomic E-state index is 0.658. The van der Waals surface area contributed by atoms with E-state index in [1.165, 1.54) is 5.56 Å². The van der Waals surface area contributed by atoms with E-state index in [4.69, 9.17) is 11.6 Å². The minimum Gasteiger partial charge on any atom is -0.307 e. The quantitative estimate of drug-likeness (QED) is 0.846. The summed E-state index contributed by atoms with van der Waals surface area (Å²) < 4.78 is 0. The molecule has 0 bridgehead atoms. The fourth-order valence-electron chi connectivity index (χ4n) is 1.91. The van der Waals surface area contributed by atoms with Gasteiger partial charge in [0.05, 0.1) is 0 Å². The van der Waals surface area contributed by atoms with Gasteiger partial charge in [0.2, 0.25) is 0 Å². The predicted molar refractivity (Wildman–Crippen MR) is 64.3 cm³/mol. The normalized spacial score (nSPS) is 17.8. The van der Waals surface area contributed by atoms with Crippen molar-refractivity contribution in [1.29, 1.82) is 0 Å². The highest BCUT2D eigenvalue weighted by Crippen LogP contribution is 2.16. The van der Waals surface area contributed by atoms with E-state index < -0.39 is 0 Å². The Morgan fingerprint density at radius 1 is 1.47 bits per heavy atom. The van der Waals surface area contributed by atoms with Gasteiger partial charge in [-0.15, -0.1) is 0 Å². The van der Waals surface area contributed by atoms with Crippen LogP contribution < -0.4 is 5.32 Å². The third-order valence-corrected chi connectivity index (χ3v) is 3.31. The number of benzene rings is 1. The summed E-state index contributed by atoms with van der Waals surface area (Å²) in [5, 5.41) is 4.38. The molecule has 0 spiro atoms. The fraction of sp³-hybridized carbons (Fsp3) is 0.500. The van der Waals surface area contributed by atoms with Crippen LogP contribution in [0.1, 0.15) is 11.1 Å². The molecule has 0 saturated carbocycles. The van der Waals surface area contributed by atoms with Crippen molar-refractivity contribution in [3.8, 4) is 0 Å². The highest BCUT2D eigenvalue weighted by atomic mass is 35.5. The maximum atomic E-state index is 5.97. The van der Waals surface area contributed by atoms with Gasteiger partial charge in [0.25, 0.3) is 0 Å². The highest BCUT2D eigenvalue weighted by Gasteiger charge is 2.21. The molecule has 1 fully saturated rings. The summed E-state index contributed by atoms with van der Waals surface area (Å²) in [5.41, 5.74) is 2.47. The lowest BCUT2D eigenvalue weighted by Gasteiger charge is -2.36. The van der Waals surface area contributed by atoms with Crippen LogP contribution in [0.4, 0.5) is 0 Å². The molecule has 1 aromatic rings. The number of aryl methyl sites for hydroxylation is 1. The summed E-state index contributed by atoms with van der Waals surface area (Å²) >= 11 is 5.97. The maximum absolute atomic E-state index is 5.97. The molecule has 1 saturated heterocycles. The highest BCUT2D eigenvalue weighted by molar-refractivity contribution is 6.31. The first-order valence-corrected chi connectivity index (χ1v) is 5.70. The van der Waals surface area contributed by atoms with Crippen LogP contribution in [0, 0.1) is 6.92 Å². The van der Waals surface area contributed by atoms with Crippen LogP contribution >= 0.6 is 11.6 Å². The molecule has 0 unspecified atom stereocenters. The summed E-state index contributed by atoms with van der Waals surface area (Å²) in [4.78, 5) is 2.31. The van der Waals surface area contributed by atoms with E-state index in [1.54, 1.807) is 0 Å². The smallest absolute Gasteiger partial charge is 0.0435 e. The molecular formula is C12H17ClN2. The second kappa shape index (κ2) is 4.52. The van der Waals surface area contributed by atoms with Crippen LogP contribution in [0.15, 0.2) is 18.2 Å². The van der Waals surface area contributed by atoms with Gasteiger partial charge >= 0.3 is 0 Å². The third-order valence-electron chi connectivity index (χ3n) is 2.88. The molecule has 2 nitrogen and oxygen atoms in total. The third kappa shape index (κ3) is 2.71. The van der Waals surface area contributed by atoms with E-state index in [0.717, 1.165) is 30.2 Å². The van der Waals surface area contributed by atoms with Gasteiger partial charge in [-0.1, -0.05) is 23.7 Å². The minimum atomic E-state index is 0.658. The number of nitrogens with zero attached hydrogens (tertiary/aromatic N) is 1. The predicted octanol–water partition coefficient (Wildman–Crippen LogP) is 2.05. The Labute approximate surface area is 96.2 Å². The van der Waals surface area contributed by atoms with Crippen molar-refractivity contribution in [1.82, 2.24) is 10.2 Å². The lowest BCUT2D eigenvalue weighted by Crippen LogP contribution is -2.55. The number of hydrogen-bond donors (Lipinski definition) is 1. The first-order valence-electron chi connectivity index (χ1n) is 5.32. The molecule has 3 heteroatoms. The molecule has 82 valence electrons. The molecule has 1 aliphatic rings. The summed E-state index contributed by atoms with van der Waals surface area (Å²) in [6.45, 7) is 5.30. The Hall–Kier alpha value is -0.570. The largest absolute Gasteiger partial charge is 0.307 e. The van der Waals surface area contributed by atoms with E-state index in [0.29, 0.717) is 6.04 Å². The van der Waals surface area contributed by atoms with Crippen molar-refractivity contribution in [3.63, 3.8) is 0 Å². The Balaban J connectivity index is 1.86. The first kappa shape index (κ1) is 10.9. The van der Waals surface area contributed by atoms with E-state index in [2.05, 4.69) is 29.4 Å². The summed E-state index contributed by atoms with van der Waals surface area (Å²) in [5.74, 6) is 0. The van der Waals surface area contributed by atoms with Gasteiger partial charge in [-0.2, -0.15) is 0 Å². The summed E-state index contributed by atoms with van der Waals surface area (Å²) in [6.07, 6.45) is 0. The molecule has 2 rings (SSSR count). The zero-order chi connectivity index (χ0) is 10.8. The van der Waals surface area contributed by atoms with Gasteiger partial charge in [0, 0.05) is 30.7 Å². The van der Waals surface area contributed by atoms with Crippen molar-refractivity contribution in [2.45, 2.75) is 19.5 Å². The zero-order valence-corrected chi connectivity index (χ0v) is 10.0. The molecule has 0 amide bonds. The van der Waals surface area contributed by atoms with Gasteiger partial charge in [0.15, 0.2) is 0 Å². The second-order valence-corrected chi connectivity index (χ2v) is 4.79. The van der Waals surface area contributed by atoms with Gasteiger partial charge in [-0.3, -0.25) is 0 Å². The van der Waals surface area contributed by atoms with E-state index in [1.807, 2.05) is 13.0 Å². The monoisotopic (exact) mass is 224 g/mol. The summed E-state index contributed by atoms with van der Waals surface area (Å²) in [7, 11) is 2.14. The zero-order valence-electron chi connectivity index (χ0n) is 9.26. The average Bonchev–Trinajstić information content (AvgIpc) is 2.16. The van der Waals surface area contributed by atoms with Crippen LogP contribution in [-0.4, -0.2) is 31.1 Å². The fourth-order valence-corrected chi connectivity index (χ4v) is 2.02. The van der Waals surface area contributed by atoms with Crippen molar-refractivity contribution < 1.29 is 0 Å². The maximum Gasteiger partial charge on any atom is 0.0435 e. The number of likely N-dealkylation sites (N-methyl/N-ethyl adjacent to an activating group) is 1. The Morgan fingerprint density at radius 3 is 2.80 bits per heavy atom. The molecule has 1 N–H and O–H groups in total. The molecule has 15 heavy (non-hydrogen) atoms. The molecule has 0 radical (unpaired) electrons. The number of halogens is 1. The van der Waals surface area contributed by atoms with E-state index >= 15 is 0 Å². The van der Waals surface area contributed by atoms with Crippen LogP contribution in [0.3, 0.4) is 0 Å². The van der Waals surface area contributed by atoms with Crippen molar-refractivity contribution >= 4 is 11.6 Å². The second-order valence-electron chi connectivity index (χ2n) is 4.38. The van der Waals surface area contributed by atoms with Gasteiger partial charge in [-0.25, -0.2) is 0 Å². The van der Waals surface area contributed by atoms with Crippen LogP contribution in [0.25, 0.3) is 0 Å². The molecule has 0 atom stereocenters. The molecule has 1 aliphatic heterocycles. The van der Waals surface area contributed by atoms with Crippen LogP contribution in [0.2, 0.25) is 5.02 Å². The first-order chi connectivity index (χ1) is 7.15. The van der Waals surface area contributed by atoms with Gasteiger partial charge in [-0.05, 0) is 31.2 Å². The van der Waals surface area contributed by atoms with E-state index in [9.17, 15) is 0 Å². The standard InChI is InChI=1S/C12H17ClN2/c1-9-5-10(3-4-12(9)13)6-14-11-7-15(2)8-11/h3-5,11,14H,6-8H2,1-2H3. The summed E-state index contributed by atoms with van der Waals surface area (Å²) in [6, 6.07) is 6.87. The van der Waals surface area contributed by atoms with Gasteiger partial charge in [0.1, 0.15) is 0 Å². The molecule has 0 aromatic heterocycles. The molecular weight excluding hydrogens is 208 g/mol. The lowest BCUT2D eigenvalue weighted by atomic mass is 10.1. The SMILES string of the molecule is Cc1cc(CNC2CN(C)C2)ccc1Cl. The molecule has 1 heterocycles. The Bertz CT molecular complexity index is 345.